The van der Waals surface area contributed by atoms with Crippen LogP contribution in [0.25, 0.3) is 5.82 Å². The fourth-order valence-electron chi connectivity index (χ4n) is 3.32. The molecule has 2 aromatic heterocycles. The third-order valence-corrected chi connectivity index (χ3v) is 5.00. The monoisotopic (exact) mass is 411 g/mol. The highest BCUT2D eigenvalue weighted by molar-refractivity contribution is 5.92. The van der Waals surface area contributed by atoms with E-state index in [1.165, 1.54) is 10.9 Å². The first-order valence-electron chi connectivity index (χ1n) is 9.64. The largest absolute Gasteiger partial charge is 0.393 e. The Hall–Kier alpha value is -3.06. The van der Waals surface area contributed by atoms with Gasteiger partial charge in [-0.2, -0.15) is 5.10 Å². The number of nitrogens with zero attached hydrogens (tertiary/aromatic N) is 4. The topological polar surface area (TPSA) is 135 Å². The third-order valence-electron chi connectivity index (χ3n) is 5.00. The summed E-state index contributed by atoms with van der Waals surface area (Å²) in [6.45, 7) is 0.503. The van der Waals surface area contributed by atoms with Gasteiger partial charge in [-0.05, 0) is 39.1 Å². The highest BCUT2D eigenvalue weighted by Gasteiger charge is 2.28. The quantitative estimate of drug-likeness (QED) is 0.429. The van der Waals surface area contributed by atoms with Crippen molar-refractivity contribution >= 4 is 12.2 Å². The van der Waals surface area contributed by atoms with E-state index in [4.69, 9.17) is 5.73 Å². The van der Waals surface area contributed by atoms with Crippen LogP contribution in [0.5, 0.6) is 0 Å². The molecule has 0 fully saturated rings. The van der Waals surface area contributed by atoms with Crippen LogP contribution in [0.3, 0.4) is 0 Å². The molecule has 30 heavy (non-hydrogen) atoms. The van der Waals surface area contributed by atoms with Crippen molar-refractivity contribution in [2.24, 2.45) is 5.73 Å². The molecular weight excluding hydrogens is 386 g/mol. The highest BCUT2D eigenvalue weighted by Crippen LogP contribution is 2.26. The Labute approximate surface area is 174 Å². The first-order valence-corrected chi connectivity index (χ1v) is 9.64. The molecule has 1 aliphatic carbocycles. The van der Waals surface area contributed by atoms with Gasteiger partial charge in [0.1, 0.15) is 0 Å². The lowest BCUT2D eigenvalue weighted by Crippen LogP contribution is -2.33. The maximum absolute atomic E-state index is 11.8. The molecule has 0 radical (unpaired) electrons. The average molecular weight is 411 g/mol. The molecule has 1 amide bonds. The molecule has 3 rings (SSSR count). The van der Waals surface area contributed by atoms with Crippen LogP contribution in [-0.4, -0.2) is 74.4 Å². The molecule has 0 aliphatic heterocycles. The summed E-state index contributed by atoms with van der Waals surface area (Å²) >= 11 is 0. The van der Waals surface area contributed by atoms with Gasteiger partial charge in [-0.3, -0.25) is 9.59 Å². The smallest absolute Gasteiger partial charge is 0.269 e. The number of rotatable bonds is 6. The molecule has 2 atom stereocenters. The first-order chi connectivity index (χ1) is 14.2. The van der Waals surface area contributed by atoms with Crippen molar-refractivity contribution in [3.8, 4) is 17.7 Å². The van der Waals surface area contributed by atoms with Gasteiger partial charge in [0.05, 0.1) is 11.8 Å². The fraction of sp³-hybridized carbons (Fsp3) is 0.429. The van der Waals surface area contributed by atoms with Gasteiger partial charge in [-0.1, -0.05) is 11.8 Å². The number of aromatic nitrogens is 3. The Bertz CT molecular complexity index is 1020. The van der Waals surface area contributed by atoms with Crippen molar-refractivity contribution in [3.05, 3.63) is 40.8 Å². The van der Waals surface area contributed by atoms with Gasteiger partial charge in [0.25, 0.3) is 5.91 Å². The summed E-state index contributed by atoms with van der Waals surface area (Å²) in [7, 11) is 3.69. The number of carbonyl (C=O) groups excluding carboxylic acids is 2. The normalized spacial score (nSPS) is 17.6. The standard InChI is InChI=1S/C21H25N5O4/c1-25(2)10-8-21(30,13-27)7-5-14-6-9-23-18(11-14)26-17-12-15(28)3-4-16(17)19(24-26)20(22)29/h6,9,11,13,15,28,30H,3-4,8,10,12H2,1-2H3,(H2,22,29)/t15-,21-/m0/s1. The predicted molar refractivity (Wildman–Crippen MR) is 109 cm³/mol. The third kappa shape index (κ3) is 4.74. The molecular formula is C21H25N5O4. The molecule has 0 aromatic carbocycles. The molecule has 2 aromatic rings. The number of nitrogens with two attached hydrogens (primary N) is 1. The van der Waals surface area contributed by atoms with Crippen LogP contribution >= 0.6 is 0 Å². The summed E-state index contributed by atoms with van der Waals surface area (Å²) in [6.07, 6.45) is 2.99. The lowest BCUT2D eigenvalue weighted by atomic mass is 9.93. The zero-order valence-electron chi connectivity index (χ0n) is 17.0. The number of carbonyl (C=O) groups is 2. The van der Waals surface area contributed by atoms with Gasteiger partial charge >= 0.3 is 0 Å². The minimum Gasteiger partial charge on any atom is -0.393 e. The van der Waals surface area contributed by atoms with Crippen molar-refractivity contribution in [1.29, 1.82) is 0 Å². The Morgan fingerprint density at radius 3 is 2.93 bits per heavy atom. The van der Waals surface area contributed by atoms with Gasteiger partial charge in [-0.15, -0.1) is 0 Å². The molecule has 2 heterocycles. The van der Waals surface area contributed by atoms with E-state index >= 15 is 0 Å². The molecule has 0 unspecified atom stereocenters. The number of hydrogen-bond acceptors (Lipinski definition) is 7. The summed E-state index contributed by atoms with van der Waals surface area (Å²) in [5.41, 5.74) is 5.83. The molecule has 0 bridgehead atoms. The van der Waals surface area contributed by atoms with Crippen molar-refractivity contribution in [3.63, 3.8) is 0 Å². The Balaban J connectivity index is 1.96. The van der Waals surface area contributed by atoms with Gasteiger partial charge < -0.3 is 20.8 Å². The van der Waals surface area contributed by atoms with Gasteiger partial charge in [0.2, 0.25) is 0 Å². The number of amides is 1. The Morgan fingerprint density at radius 1 is 1.50 bits per heavy atom. The van der Waals surface area contributed by atoms with Crippen LogP contribution in [0, 0.1) is 11.8 Å². The molecule has 158 valence electrons. The first kappa shape index (κ1) is 21.6. The van der Waals surface area contributed by atoms with E-state index in [1.54, 1.807) is 12.1 Å². The van der Waals surface area contributed by atoms with Crippen LogP contribution in [-0.2, 0) is 17.6 Å². The number of primary amides is 1. The number of pyridine rings is 1. The zero-order valence-corrected chi connectivity index (χ0v) is 17.0. The SMILES string of the molecule is CN(C)CC[C@@](O)(C#Cc1ccnc(-n2nc(C(N)=O)c3c2C[C@@H](O)CC3)c1)C=O. The second-order valence-corrected chi connectivity index (χ2v) is 7.69. The Kier molecular flexibility index (Phi) is 6.31. The lowest BCUT2D eigenvalue weighted by Gasteiger charge is -2.19. The summed E-state index contributed by atoms with van der Waals surface area (Å²) in [5, 5.41) is 24.8. The minimum absolute atomic E-state index is 0.175. The molecule has 9 nitrogen and oxygen atoms in total. The van der Waals surface area contributed by atoms with Crippen LogP contribution in [0.2, 0.25) is 0 Å². The van der Waals surface area contributed by atoms with Crippen molar-refractivity contribution in [2.75, 3.05) is 20.6 Å². The molecule has 9 heteroatoms. The van der Waals surface area contributed by atoms with Crippen LogP contribution < -0.4 is 5.73 Å². The van der Waals surface area contributed by atoms with Crippen molar-refractivity contribution in [2.45, 2.75) is 37.4 Å². The summed E-state index contributed by atoms with van der Waals surface area (Å²) in [5.74, 6) is 5.22. The summed E-state index contributed by atoms with van der Waals surface area (Å²) in [6, 6.07) is 3.29. The predicted octanol–water partition coefficient (Wildman–Crippen LogP) is -0.551. The summed E-state index contributed by atoms with van der Waals surface area (Å²) < 4.78 is 1.50. The molecule has 4 N–H and O–H groups in total. The van der Waals surface area contributed by atoms with E-state index < -0.39 is 17.6 Å². The van der Waals surface area contributed by atoms with Crippen molar-refractivity contribution < 1.29 is 19.8 Å². The number of aliphatic hydroxyl groups excluding tert-OH is 1. The summed E-state index contributed by atoms with van der Waals surface area (Å²) in [4.78, 5) is 29.3. The van der Waals surface area contributed by atoms with Crippen LogP contribution in [0.4, 0.5) is 0 Å². The Morgan fingerprint density at radius 2 is 2.27 bits per heavy atom. The number of aliphatic hydroxyl groups is 2. The van der Waals surface area contributed by atoms with Gasteiger partial charge in [-0.25, -0.2) is 9.67 Å². The van der Waals surface area contributed by atoms with Gasteiger partial charge in [0.15, 0.2) is 23.4 Å². The molecule has 0 spiro atoms. The van der Waals surface area contributed by atoms with E-state index in [9.17, 15) is 19.8 Å². The molecule has 0 saturated carbocycles. The second-order valence-electron chi connectivity index (χ2n) is 7.69. The van der Waals surface area contributed by atoms with E-state index in [-0.39, 0.29) is 12.1 Å². The van der Waals surface area contributed by atoms with Crippen LogP contribution in [0.15, 0.2) is 18.3 Å². The maximum atomic E-state index is 11.8. The second kappa shape index (κ2) is 8.75. The average Bonchev–Trinajstić information content (AvgIpc) is 3.10. The highest BCUT2D eigenvalue weighted by atomic mass is 16.3. The molecule has 0 saturated heterocycles. The number of fused-ring (bicyclic) bond motifs is 1. The van der Waals surface area contributed by atoms with E-state index in [0.29, 0.717) is 49.2 Å². The minimum atomic E-state index is -1.75. The van der Waals surface area contributed by atoms with E-state index in [0.717, 1.165) is 5.56 Å². The fourth-order valence-corrected chi connectivity index (χ4v) is 3.32. The maximum Gasteiger partial charge on any atom is 0.269 e. The van der Waals surface area contributed by atoms with Gasteiger partial charge in [0, 0.05) is 36.7 Å². The van der Waals surface area contributed by atoms with Crippen molar-refractivity contribution in [1.82, 2.24) is 19.7 Å². The number of hydrogen-bond donors (Lipinski definition) is 3. The van der Waals surface area contributed by atoms with Crippen LogP contribution in [0.1, 0.15) is 40.2 Å². The number of aldehydes is 1. The zero-order chi connectivity index (χ0) is 21.9. The van der Waals surface area contributed by atoms with E-state index in [2.05, 4.69) is 21.9 Å². The molecule has 1 aliphatic rings. The lowest BCUT2D eigenvalue weighted by molar-refractivity contribution is -0.119. The van der Waals surface area contributed by atoms with E-state index in [1.807, 2.05) is 19.0 Å².